The second kappa shape index (κ2) is 25.2. The van der Waals surface area contributed by atoms with Crippen LogP contribution >= 0.6 is 0 Å². The third-order valence-corrected chi connectivity index (χ3v) is 9.70. The van der Waals surface area contributed by atoms with Crippen molar-refractivity contribution in [1.29, 1.82) is 0 Å². The van der Waals surface area contributed by atoms with E-state index in [0.29, 0.717) is 24.5 Å². The molecule has 15 nitrogen and oxygen atoms in total. The van der Waals surface area contributed by atoms with Gasteiger partial charge in [-0.1, -0.05) is 67.0 Å². The van der Waals surface area contributed by atoms with E-state index in [4.69, 9.17) is 4.74 Å². The van der Waals surface area contributed by atoms with Gasteiger partial charge < -0.3 is 36.6 Å². The quantitative estimate of drug-likeness (QED) is 0.0727. The van der Waals surface area contributed by atoms with E-state index in [0.717, 1.165) is 19.3 Å². The van der Waals surface area contributed by atoms with Gasteiger partial charge in [-0.25, -0.2) is 0 Å². The molecule has 0 saturated heterocycles. The van der Waals surface area contributed by atoms with Crippen molar-refractivity contribution >= 4 is 47.0 Å². The summed E-state index contributed by atoms with van der Waals surface area (Å²) >= 11 is 0. The summed E-state index contributed by atoms with van der Waals surface area (Å²) in [5, 5.41) is 15.8. The number of Topliss-reactive ketones (excluding diaryl/α,β-unsaturated/α-hetero) is 2. The average Bonchev–Trinajstić information content (AvgIpc) is 3.14. The van der Waals surface area contributed by atoms with Gasteiger partial charge in [0.1, 0.15) is 12.1 Å². The molecule has 4 atom stereocenters. The number of ketones is 2. The molecule has 4 unspecified atom stereocenters. The van der Waals surface area contributed by atoms with Crippen LogP contribution in [0.25, 0.3) is 0 Å². The number of ether oxygens (including phenoxy) is 1. The van der Waals surface area contributed by atoms with E-state index < -0.39 is 72.2 Å². The first-order valence-electron chi connectivity index (χ1n) is 21.3. The molecular weight excluding hydrogens is 769 g/mol. The molecule has 60 heavy (non-hydrogen) atoms. The van der Waals surface area contributed by atoms with Gasteiger partial charge in [0.2, 0.25) is 29.5 Å². The van der Waals surface area contributed by atoms with Crippen molar-refractivity contribution in [3.63, 3.8) is 0 Å². The number of carbonyl (C=O) groups excluding carboxylic acids is 8. The summed E-state index contributed by atoms with van der Waals surface area (Å²) in [6.45, 7) is 23.6. The molecule has 1 aromatic carbocycles. The monoisotopic (exact) mass is 843 g/mol. The largest absolute Gasteiger partial charge is 0.376 e. The highest BCUT2D eigenvalue weighted by molar-refractivity contribution is 6.01. The number of hydrogen-bond acceptors (Lipinski definition) is 9. The number of nitrogens with one attached hydrogen (secondary N) is 6. The molecule has 6 N–H and O–H groups in total. The smallest absolute Gasteiger partial charge is 0.251 e. The first-order valence-corrected chi connectivity index (χ1v) is 21.3. The van der Waals surface area contributed by atoms with Crippen LogP contribution in [-0.2, 0) is 33.5 Å². The maximum absolute atomic E-state index is 13.4. The van der Waals surface area contributed by atoms with Crippen molar-refractivity contribution in [2.75, 3.05) is 19.7 Å². The van der Waals surface area contributed by atoms with Gasteiger partial charge in [-0.05, 0) is 91.2 Å². The number of benzene rings is 1. The van der Waals surface area contributed by atoms with Crippen LogP contribution in [0.3, 0.4) is 0 Å². The lowest BCUT2D eigenvalue weighted by Gasteiger charge is -2.28. The van der Waals surface area contributed by atoms with Crippen molar-refractivity contribution in [3.8, 4) is 0 Å². The third-order valence-electron chi connectivity index (χ3n) is 9.70. The van der Waals surface area contributed by atoms with Crippen molar-refractivity contribution in [3.05, 3.63) is 35.4 Å². The summed E-state index contributed by atoms with van der Waals surface area (Å²) < 4.78 is 5.77. The number of hydrogen-bond donors (Lipinski definition) is 6. The molecule has 0 saturated carbocycles. The summed E-state index contributed by atoms with van der Waals surface area (Å²) in [5.41, 5.74) is -0.270. The average molecular weight is 843 g/mol. The maximum Gasteiger partial charge on any atom is 0.251 e. The molecule has 338 valence electrons. The topological polar surface area (TPSA) is 218 Å². The molecule has 0 fully saturated rings. The van der Waals surface area contributed by atoms with E-state index in [1.165, 1.54) is 12.1 Å². The standard InChI is InChI=1S/C45H74N6O9/c1-14-15-33(24-27(2)3)40(56)31-16-18-32(19-17-31)41(57)46-25-36(53)49-34(42(58)47-26-37(54)51-45(12,13)22-23-60-44(9,10)11)20-21-35(52)50-38(28(4)5)43(59)48-30(8)39(55)29(6)7/h16-19,27-30,33-34,38H,14-15,20-26H2,1-13H3,(H,46,57)(H,47,58)(H,48,59)(H,49,53)(H,50,52)(H,51,54). The SMILES string of the molecule is CCCC(CC(C)C)C(=O)c1ccc(C(=O)NCC(=O)NC(CCC(=O)NC(C(=O)NC(C)C(=O)C(C)C)C(C)C)C(=O)NCC(=O)NC(C)(C)CCOC(C)(C)C)cc1. The molecule has 0 radical (unpaired) electrons. The molecule has 0 spiro atoms. The van der Waals surface area contributed by atoms with E-state index in [1.807, 2.05) is 41.5 Å². The highest BCUT2D eigenvalue weighted by atomic mass is 16.5. The fourth-order valence-electron chi connectivity index (χ4n) is 6.39. The molecule has 0 aromatic heterocycles. The number of rotatable bonds is 26. The summed E-state index contributed by atoms with van der Waals surface area (Å²) in [6.07, 6.45) is 2.41. The van der Waals surface area contributed by atoms with Crippen LogP contribution in [0, 0.1) is 23.7 Å². The zero-order valence-corrected chi connectivity index (χ0v) is 38.4. The van der Waals surface area contributed by atoms with E-state index in [9.17, 15) is 38.4 Å². The molecule has 0 heterocycles. The van der Waals surface area contributed by atoms with E-state index >= 15 is 0 Å². The van der Waals surface area contributed by atoms with Crippen LogP contribution in [0.5, 0.6) is 0 Å². The van der Waals surface area contributed by atoms with Crippen LogP contribution in [0.1, 0.15) is 149 Å². The minimum absolute atomic E-state index is 0.0255. The van der Waals surface area contributed by atoms with Gasteiger partial charge in [-0.15, -0.1) is 0 Å². The molecule has 0 bridgehead atoms. The first kappa shape index (κ1) is 53.4. The summed E-state index contributed by atoms with van der Waals surface area (Å²) in [5.74, 6) is -4.20. The van der Waals surface area contributed by atoms with Crippen LogP contribution < -0.4 is 31.9 Å². The fourth-order valence-corrected chi connectivity index (χ4v) is 6.39. The zero-order valence-electron chi connectivity index (χ0n) is 38.4. The zero-order chi connectivity index (χ0) is 46.0. The summed E-state index contributed by atoms with van der Waals surface area (Å²) in [7, 11) is 0. The molecule has 6 amide bonds. The van der Waals surface area contributed by atoms with Crippen LogP contribution in [0.2, 0.25) is 0 Å². The van der Waals surface area contributed by atoms with Crippen LogP contribution in [0.4, 0.5) is 0 Å². The minimum atomic E-state index is -1.30. The second-order valence-electron chi connectivity index (χ2n) is 18.3. The predicted octanol–water partition coefficient (Wildman–Crippen LogP) is 4.41. The van der Waals surface area contributed by atoms with E-state index in [2.05, 4.69) is 45.7 Å². The van der Waals surface area contributed by atoms with Gasteiger partial charge in [-0.3, -0.25) is 38.4 Å². The lowest BCUT2D eigenvalue weighted by Crippen LogP contribution is -2.54. The van der Waals surface area contributed by atoms with E-state index in [1.54, 1.807) is 46.8 Å². The minimum Gasteiger partial charge on any atom is -0.376 e. The van der Waals surface area contributed by atoms with Gasteiger partial charge in [0.25, 0.3) is 5.91 Å². The van der Waals surface area contributed by atoms with Crippen LogP contribution in [-0.4, -0.2) is 96.0 Å². The Balaban J connectivity index is 3.06. The first-order chi connectivity index (χ1) is 27.8. The second-order valence-corrected chi connectivity index (χ2v) is 18.3. The lowest BCUT2D eigenvalue weighted by molar-refractivity contribution is -0.133. The molecular formula is C45H74N6O9. The van der Waals surface area contributed by atoms with Gasteiger partial charge >= 0.3 is 0 Å². The van der Waals surface area contributed by atoms with Crippen LogP contribution in [0.15, 0.2) is 24.3 Å². The Morgan fingerprint density at radius 3 is 1.80 bits per heavy atom. The van der Waals surface area contributed by atoms with Gasteiger partial charge in [-0.2, -0.15) is 0 Å². The van der Waals surface area contributed by atoms with Gasteiger partial charge in [0.05, 0.1) is 24.7 Å². The lowest BCUT2D eigenvalue weighted by atomic mass is 9.86. The Hall–Kier alpha value is -4.66. The Kier molecular flexibility index (Phi) is 22.4. The van der Waals surface area contributed by atoms with Crippen molar-refractivity contribution in [2.45, 2.75) is 158 Å². The molecule has 0 aliphatic rings. The maximum atomic E-state index is 13.4. The summed E-state index contributed by atoms with van der Waals surface area (Å²) in [6, 6.07) is 3.19. The van der Waals surface area contributed by atoms with Gasteiger partial charge in [0.15, 0.2) is 11.6 Å². The molecule has 1 aromatic rings. The van der Waals surface area contributed by atoms with Gasteiger partial charge in [0, 0.05) is 41.5 Å². The highest BCUT2D eigenvalue weighted by Gasteiger charge is 2.30. The Bertz CT molecular complexity index is 1620. The third kappa shape index (κ3) is 20.5. The number of carbonyl (C=O) groups is 8. The Morgan fingerprint density at radius 2 is 1.27 bits per heavy atom. The predicted molar refractivity (Wildman–Crippen MR) is 232 cm³/mol. The molecule has 15 heteroatoms. The van der Waals surface area contributed by atoms with Crippen molar-refractivity contribution in [2.24, 2.45) is 23.7 Å². The van der Waals surface area contributed by atoms with Crippen molar-refractivity contribution < 1.29 is 43.1 Å². The molecule has 1 rings (SSSR count). The molecule has 0 aliphatic carbocycles. The van der Waals surface area contributed by atoms with E-state index in [-0.39, 0.29) is 53.3 Å². The molecule has 0 aliphatic heterocycles. The van der Waals surface area contributed by atoms with Crippen molar-refractivity contribution in [1.82, 2.24) is 31.9 Å². The summed E-state index contributed by atoms with van der Waals surface area (Å²) in [4.78, 5) is 104. The highest BCUT2D eigenvalue weighted by Crippen LogP contribution is 2.22. The fraction of sp³-hybridized carbons (Fsp3) is 0.689. The Morgan fingerprint density at radius 1 is 0.683 bits per heavy atom. The Labute approximate surface area is 357 Å². The number of amides is 6. The normalized spacial score (nSPS) is 13.8.